The Balaban J connectivity index is 0.000000138. The maximum Gasteiger partial charge on any atom is 0.0540 e. The summed E-state index contributed by atoms with van der Waals surface area (Å²) in [6.07, 6.45) is 14.3. The van der Waals surface area contributed by atoms with E-state index in [0.717, 1.165) is 81.5 Å². The molecule has 8 bridgehead atoms. The standard InChI is InChI=1S/2C58H47N/c1-4-13-41(14-5-1)46-29-32-56(53(38-46)44-15-6-2-7-16-44)59(49-17-8-3-9-18-49)50-30-27-43(28-31-50)42-23-25-45(26-24-42)51-20-12-22-55-57(51)52-19-10-11-21-54(52)58(55)47-34-39-33-40(36-47)37-48(58)35-39;1-3-10-41(11-4-1)44-22-28-50(29-23-44)59(51-30-24-45(25-31-51)42-12-5-2-6-13-42)52-32-26-46(27-33-52)43-18-20-47(21-19-43)53-15-9-17-56-57(53)54-14-7-8-16-55(54)58(56)48-35-39-34-40(37-48)38-49(58)36-39/h1-32,38-40,47-48H,33-37H2;1-33,39-40,48-49H,34-38H2. The number of benzene rings is 16. The summed E-state index contributed by atoms with van der Waals surface area (Å²) < 4.78 is 0. The Bertz CT molecular complexity index is 6230. The summed E-state index contributed by atoms with van der Waals surface area (Å²) in [5.74, 6) is 6.90. The second kappa shape index (κ2) is 29.1. The molecule has 2 heteroatoms. The van der Waals surface area contributed by atoms with Gasteiger partial charge in [-0.25, -0.2) is 0 Å². The highest BCUT2D eigenvalue weighted by molar-refractivity contribution is 5.97. The van der Waals surface area contributed by atoms with Crippen LogP contribution in [0.2, 0.25) is 0 Å². The molecule has 16 aromatic carbocycles. The molecular formula is C116H94N2. The Labute approximate surface area is 695 Å². The van der Waals surface area contributed by atoms with E-state index >= 15 is 0 Å². The third-order valence-corrected chi connectivity index (χ3v) is 29.4. The second-order valence-electron chi connectivity index (χ2n) is 35.4. The van der Waals surface area contributed by atoms with Crippen molar-refractivity contribution in [3.63, 3.8) is 0 Å². The van der Waals surface area contributed by atoms with E-state index in [4.69, 9.17) is 0 Å². The highest BCUT2D eigenvalue weighted by Crippen LogP contribution is 2.72. The van der Waals surface area contributed by atoms with E-state index < -0.39 is 0 Å². The summed E-state index contributed by atoms with van der Waals surface area (Å²) in [6, 6.07) is 149. The van der Waals surface area contributed by atoms with Crippen LogP contribution in [-0.2, 0) is 10.8 Å². The van der Waals surface area contributed by atoms with Crippen molar-refractivity contribution < 1.29 is 0 Å². The average Bonchev–Trinajstić information content (AvgIpc) is 1.55. The molecule has 0 radical (unpaired) electrons. The molecule has 2 spiro atoms. The first-order chi connectivity index (χ1) is 58.4. The fourth-order valence-electron chi connectivity index (χ4n) is 24.9. The van der Waals surface area contributed by atoms with Crippen LogP contribution in [0.25, 0.3) is 111 Å². The van der Waals surface area contributed by atoms with Gasteiger partial charge in [0.05, 0.1) is 5.69 Å². The SMILES string of the molecule is c1ccc(-c2ccc(N(c3ccc(-c4ccccc4)cc3)c3ccc(-c4ccc(-c5cccc6c5-c5ccccc5C65C6CC7CC(C6)CC5C7)cc4)cc3)cc2)cc1.c1ccc(-c2ccc(N(c3ccccc3)c3ccc(-c4ccc(-c5cccc6c5-c5ccccc5C65C6CC7CC(C6)CC5C7)cc4)cc3)c(-c3ccccc3)c2)cc1. The molecule has 118 heavy (non-hydrogen) atoms. The van der Waals surface area contributed by atoms with Crippen LogP contribution < -0.4 is 9.80 Å². The highest BCUT2D eigenvalue weighted by Gasteiger charge is 2.63. The Morgan fingerprint density at radius 1 is 0.169 bits per heavy atom. The van der Waals surface area contributed by atoms with E-state index in [0.29, 0.717) is 0 Å². The van der Waals surface area contributed by atoms with Crippen LogP contribution in [0.3, 0.4) is 0 Å². The molecule has 0 aromatic heterocycles. The van der Waals surface area contributed by atoms with E-state index in [9.17, 15) is 0 Å². The first-order valence-corrected chi connectivity index (χ1v) is 43.5. The van der Waals surface area contributed by atoms with Crippen LogP contribution >= 0.6 is 0 Å². The molecule has 0 aliphatic heterocycles. The molecule has 0 atom stereocenters. The lowest BCUT2D eigenvalue weighted by atomic mass is 9.43. The fourth-order valence-corrected chi connectivity index (χ4v) is 24.9. The minimum atomic E-state index is 0.191. The van der Waals surface area contributed by atoms with Crippen LogP contribution in [0.1, 0.15) is 86.5 Å². The number of para-hydroxylation sites is 1. The normalized spacial score (nSPS) is 22.0. The van der Waals surface area contributed by atoms with Crippen molar-refractivity contribution in [2.75, 3.05) is 9.80 Å². The van der Waals surface area contributed by atoms with Gasteiger partial charge in [-0.1, -0.05) is 328 Å². The van der Waals surface area contributed by atoms with Crippen LogP contribution in [0.5, 0.6) is 0 Å². The quantitative estimate of drug-likeness (QED) is 0.107. The Morgan fingerprint density at radius 2 is 0.415 bits per heavy atom. The molecule has 0 amide bonds. The Morgan fingerprint density at radius 3 is 0.780 bits per heavy atom. The summed E-state index contributed by atoms with van der Waals surface area (Å²) in [7, 11) is 0. The number of anilines is 6. The molecule has 16 aromatic rings. The van der Waals surface area contributed by atoms with Crippen molar-refractivity contribution in [1.82, 2.24) is 0 Å². The van der Waals surface area contributed by atoms with Crippen LogP contribution in [0.4, 0.5) is 34.1 Å². The van der Waals surface area contributed by atoms with Crippen molar-refractivity contribution in [1.29, 1.82) is 0 Å². The molecular weight excluding hydrogens is 1420 g/mol. The van der Waals surface area contributed by atoms with Gasteiger partial charge in [0.25, 0.3) is 0 Å². The maximum absolute atomic E-state index is 2.51. The molecule has 0 N–H and O–H groups in total. The summed E-state index contributed by atoms with van der Waals surface area (Å²) in [5, 5.41) is 0. The monoisotopic (exact) mass is 1510 g/mol. The number of nitrogens with zero attached hydrogens (tertiary/aromatic N) is 2. The lowest BCUT2D eigenvalue weighted by Crippen LogP contribution is -2.55. The predicted molar refractivity (Wildman–Crippen MR) is 492 cm³/mol. The zero-order valence-corrected chi connectivity index (χ0v) is 66.7. The first kappa shape index (κ1) is 70.5. The molecule has 26 rings (SSSR count). The van der Waals surface area contributed by atoms with Gasteiger partial charge in [-0.05, 0) is 312 Å². The average molecular weight is 1520 g/mol. The molecule has 568 valence electrons. The summed E-state index contributed by atoms with van der Waals surface area (Å²) in [5.41, 5.74) is 39.6. The molecule has 10 aliphatic rings. The van der Waals surface area contributed by atoms with Crippen LogP contribution in [-0.4, -0.2) is 0 Å². The zero-order valence-electron chi connectivity index (χ0n) is 66.7. The molecule has 2 nitrogen and oxygen atoms in total. The van der Waals surface area contributed by atoms with Crippen molar-refractivity contribution in [3.8, 4) is 111 Å². The van der Waals surface area contributed by atoms with E-state index in [1.165, 1.54) is 175 Å². The van der Waals surface area contributed by atoms with Gasteiger partial charge in [-0.2, -0.15) is 0 Å². The number of fused-ring (bicyclic) bond motifs is 6. The van der Waals surface area contributed by atoms with Crippen molar-refractivity contribution in [2.24, 2.45) is 47.3 Å². The van der Waals surface area contributed by atoms with Gasteiger partial charge >= 0.3 is 0 Å². The largest absolute Gasteiger partial charge is 0.311 e. The smallest absolute Gasteiger partial charge is 0.0540 e. The number of rotatable bonds is 14. The summed E-state index contributed by atoms with van der Waals surface area (Å²) >= 11 is 0. The number of hydrogen-bond acceptors (Lipinski definition) is 2. The van der Waals surface area contributed by atoms with Crippen LogP contribution in [0.15, 0.2) is 400 Å². The maximum atomic E-state index is 2.51. The molecule has 8 saturated carbocycles. The van der Waals surface area contributed by atoms with Crippen LogP contribution in [0, 0.1) is 47.3 Å². The predicted octanol–water partition coefficient (Wildman–Crippen LogP) is 31.1. The lowest BCUT2D eigenvalue weighted by Gasteiger charge is -2.61. The molecule has 8 fully saturated rings. The fraction of sp³-hybridized carbons (Fsp3) is 0.172. The van der Waals surface area contributed by atoms with Gasteiger partial charge in [-0.15, -0.1) is 0 Å². The van der Waals surface area contributed by atoms with E-state index in [2.05, 4.69) is 410 Å². The minimum absolute atomic E-state index is 0.191. The van der Waals surface area contributed by atoms with Crippen molar-refractivity contribution >= 4 is 34.1 Å². The topological polar surface area (TPSA) is 6.48 Å². The van der Waals surface area contributed by atoms with Gasteiger partial charge in [0.1, 0.15) is 0 Å². The van der Waals surface area contributed by atoms with E-state index in [1.54, 1.807) is 22.3 Å². The molecule has 0 unspecified atom stereocenters. The Hall–Kier alpha value is -12.9. The summed E-state index contributed by atoms with van der Waals surface area (Å²) in [6.45, 7) is 0. The lowest BCUT2D eigenvalue weighted by molar-refractivity contribution is -0.0399. The number of hydrogen-bond donors (Lipinski definition) is 0. The third kappa shape index (κ3) is 11.8. The van der Waals surface area contributed by atoms with Gasteiger partial charge in [0, 0.05) is 44.8 Å². The van der Waals surface area contributed by atoms with Gasteiger partial charge in [0.2, 0.25) is 0 Å². The molecule has 0 heterocycles. The molecule has 10 aliphatic carbocycles. The molecule has 0 saturated heterocycles. The van der Waals surface area contributed by atoms with Gasteiger partial charge < -0.3 is 9.80 Å². The second-order valence-corrected chi connectivity index (χ2v) is 35.4. The van der Waals surface area contributed by atoms with Crippen molar-refractivity contribution in [3.05, 3.63) is 423 Å². The highest BCUT2D eigenvalue weighted by atomic mass is 15.1. The Kier molecular flexibility index (Phi) is 17.4. The first-order valence-electron chi connectivity index (χ1n) is 43.5. The minimum Gasteiger partial charge on any atom is -0.311 e. The van der Waals surface area contributed by atoms with Gasteiger partial charge in [0.15, 0.2) is 0 Å². The zero-order chi connectivity index (χ0) is 77.8. The van der Waals surface area contributed by atoms with Gasteiger partial charge in [-0.3, -0.25) is 0 Å². The summed E-state index contributed by atoms with van der Waals surface area (Å²) in [4.78, 5) is 4.76. The van der Waals surface area contributed by atoms with E-state index in [1.807, 2.05) is 0 Å². The van der Waals surface area contributed by atoms with E-state index in [-0.39, 0.29) is 10.8 Å². The van der Waals surface area contributed by atoms with Crippen molar-refractivity contribution in [2.45, 2.75) is 75.0 Å². The third-order valence-electron chi connectivity index (χ3n) is 29.4.